The number of aromatic nitrogens is 1. The quantitative estimate of drug-likeness (QED) is 0.760. The van der Waals surface area contributed by atoms with Crippen molar-refractivity contribution in [1.29, 1.82) is 0 Å². The van der Waals surface area contributed by atoms with E-state index >= 15 is 0 Å². The average molecular weight is 321 g/mol. The molecule has 5 nitrogen and oxygen atoms in total. The topological polar surface area (TPSA) is 79.5 Å². The molecule has 0 spiro atoms. The number of pyridine rings is 1. The van der Waals surface area contributed by atoms with Gasteiger partial charge >= 0.3 is 5.97 Å². The Morgan fingerprint density at radius 3 is 2.54 bits per heavy atom. The number of aromatic hydroxyl groups is 1. The van der Waals surface area contributed by atoms with Gasteiger partial charge in [-0.05, 0) is 30.0 Å². The molecule has 24 heavy (non-hydrogen) atoms. The van der Waals surface area contributed by atoms with Gasteiger partial charge in [-0.15, -0.1) is 0 Å². The average Bonchev–Trinajstić information content (AvgIpc) is 2.59. The van der Waals surface area contributed by atoms with Crippen LogP contribution < -0.4 is 5.56 Å². The molecule has 1 aliphatic heterocycles. The standard InChI is InChI=1S/C19H15NO4/c21-17-13-8-4-7-12-9-10-14(11-5-2-1-3-6-11)20(16(12)13)18(22)15(17)19(23)24/h1-8,14,21H,9-10H2,(H,23,24). The number of hydrogen-bond acceptors (Lipinski definition) is 3. The summed E-state index contributed by atoms with van der Waals surface area (Å²) < 4.78 is 1.53. The zero-order valence-corrected chi connectivity index (χ0v) is 12.8. The minimum absolute atomic E-state index is 0.241. The molecule has 3 aromatic rings. The molecule has 0 fully saturated rings. The SMILES string of the molecule is O=C(O)c1c(O)c2cccc3c2n(c1=O)C(c1ccccc1)CC3. The Morgan fingerprint density at radius 2 is 1.83 bits per heavy atom. The van der Waals surface area contributed by atoms with Gasteiger partial charge in [0.25, 0.3) is 5.56 Å². The Bertz CT molecular complexity index is 1020. The van der Waals surface area contributed by atoms with Crippen LogP contribution in [0.25, 0.3) is 10.9 Å². The molecule has 4 rings (SSSR count). The first-order valence-electron chi connectivity index (χ1n) is 7.77. The minimum Gasteiger partial charge on any atom is -0.506 e. The van der Waals surface area contributed by atoms with E-state index in [0.29, 0.717) is 17.3 Å². The molecule has 0 radical (unpaired) electrons. The maximum atomic E-state index is 12.9. The third kappa shape index (κ3) is 1.94. The van der Waals surface area contributed by atoms with Crippen LogP contribution in [-0.4, -0.2) is 20.7 Å². The second kappa shape index (κ2) is 5.23. The van der Waals surface area contributed by atoms with Gasteiger partial charge in [-0.25, -0.2) is 4.79 Å². The van der Waals surface area contributed by atoms with Crippen molar-refractivity contribution in [1.82, 2.24) is 4.57 Å². The molecule has 2 N–H and O–H groups in total. The first-order chi connectivity index (χ1) is 11.6. The summed E-state index contributed by atoms with van der Waals surface area (Å²) in [4.78, 5) is 24.4. The van der Waals surface area contributed by atoms with E-state index in [2.05, 4.69) is 0 Å². The van der Waals surface area contributed by atoms with E-state index in [-0.39, 0.29) is 6.04 Å². The van der Waals surface area contributed by atoms with Gasteiger partial charge in [0.2, 0.25) is 0 Å². The number of carboxylic acid groups (broad SMARTS) is 1. The Kier molecular flexibility index (Phi) is 3.16. The number of carboxylic acids is 1. The van der Waals surface area contributed by atoms with Gasteiger partial charge in [-0.1, -0.05) is 42.5 Å². The molecule has 0 saturated heterocycles. The van der Waals surface area contributed by atoms with Crippen LogP contribution in [0.4, 0.5) is 0 Å². The van der Waals surface area contributed by atoms with Gasteiger partial charge in [0.15, 0.2) is 5.56 Å². The Balaban J connectivity index is 2.15. The summed E-state index contributed by atoms with van der Waals surface area (Å²) in [5, 5.41) is 20.1. The number of hydrogen-bond donors (Lipinski definition) is 2. The van der Waals surface area contributed by atoms with E-state index in [1.807, 2.05) is 36.4 Å². The van der Waals surface area contributed by atoms with Crippen molar-refractivity contribution in [2.75, 3.05) is 0 Å². The highest BCUT2D eigenvalue weighted by molar-refractivity contribution is 5.99. The largest absolute Gasteiger partial charge is 0.506 e. The fourth-order valence-corrected chi connectivity index (χ4v) is 3.63. The van der Waals surface area contributed by atoms with Crippen LogP contribution in [0, 0.1) is 0 Å². The number of benzene rings is 2. The van der Waals surface area contributed by atoms with Crippen molar-refractivity contribution in [3.8, 4) is 5.75 Å². The van der Waals surface area contributed by atoms with Crippen LogP contribution >= 0.6 is 0 Å². The fraction of sp³-hybridized carbons (Fsp3) is 0.158. The third-order valence-corrected chi connectivity index (χ3v) is 4.68. The second-order valence-electron chi connectivity index (χ2n) is 5.98. The van der Waals surface area contributed by atoms with E-state index in [1.165, 1.54) is 4.57 Å². The highest BCUT2D eigenvalue weighted by Crippen LogP contribution is 2.37. The predicted octanol–water partition coefficient (Wildman–Crippen LogP) is 2.94. The van der Waals surface area contributed by atoms with E-state index < -0.39 is 22.8 Å². The molecule has 2 aromatic carbocycles. The number of aromatic carboxylic acids is 1. The molecule has 0 amide bonds. The maximum absolute atomic E-state index is 12.9. The van der Waals surface area contributed by atoms with Crippen LogP contribution in [0.15, 0.2) is 53.3 Å². The molecule has 1 aromatic heterocycles. The van der Waals surface area contributed by atoms with Gasteiger partial charge in [0.05, 0.1) is 11.6 Å². The van der Waals surface area contributed by atoms with Crippen LogP contribution in [0.5, 0.6) is 5.75 Å². The van der Waals surface area contributed by atoms with Crippen molar-refractivity contribution in [3.63, 3.8) is 0 Å². The highest BCUT2D eigenvalue weighted by atomic mass is 16.4. The monoisotopic (exact) mass is 321 g/mol. The highest BCUT2D eigenvalue weighted by Gasteiger charge is 2.29. The predicted molar refractivity (Wildman–Crippen MR) is 89.7 cm³/mol. The maximum Gasteiger partial charge on any atom is 0.345 e. The molecular weight excluding hydrogens is 306 g/mol. The molecule has 0 saturated carbocycles. The first kappa shape index (κ1) is 14.5. The van der Waals surface area contributed by atoms with Gasteiger partial charge in [0.1, 0.15) is 5.75 Å². The lowest BCUT2D eigenvalue weighted by atomic mass is 9.91. The number of rotatable bonds is 2. The number of nitrogens with zero attached hydrogens (tertiary/aromatic N) is 1. The van der Waals surface area contributed by atoms with Gasteiger partial charge in [0, 0.05) is 5.39 Å². The summed E-state index contributed by atoms with van der Waals surface area (Å²) in [6.45, 7) is 0. The first-order valence-corrected chi connectivity index (χ1v) is 7.77. The molecule has 1 unspecified atom stereocenters. The van der Waals surface area contributed by atoms with Gasteiger partial charge < -0.3 is 10.2 Å². The van der Waals surface area contributed by atoms with E-state index in [9.17, 15) is 19.8 Å². The lowest BCUT2D eigenvalue weighted by molar-refractivity contribution is 0.0691. The van der Waals surface area contributed by atoms with Crippen molar-refractivity contribution in [3.05, 3.63) is 75.6 Å². The second-order valence-corrected chi connectivity index (χ2v) is 5.98. The van der Waals surface area contributed by atoms with Crippen LogP contribution in [0.3, 0.4) is 0 Å². The zero-order valence-electron chi connectivity index (χ0n) is 12.8. The lowest BCUT2D eigenvalue weighted by Crippen LogP contribution is -2.33. The summed E-state index contributed by atoms with van der Waals surface area (Å²) in [6.07, 6.45) is 1.47. The van der Waals surface area contributed by atoms with Crippen LogP contribution in [0.2, 0.25) is 0 Å². The smallest absolute Gasteiger partial charge is 0.345 e. The Labute approximate surface area is 137 Å². The van der Waals surface area contributed by atoms with Crippen molar-refractivity contribution in [2.45, 2.75) is 18.9 Å². The van der Waals surface area contributed by atoms with Gasteiger partial charge in [-0.3, -0.25) is 9.36 Å². The Hall–Kier alpha value is -3.08. The molecule has 5 heteroatoms. The summed E-state index contributed by atoms with van der Waals surface area (Å²) in [6, 6.07) is 14.7. The minimum atomic E-state index is -1.41. The summed E-state index contributed by atoms with van der Waals surface area (Å²) in [5.41, 5.74) is 1.31. The molecule has 2 heterocycles. The normalized spacial score (nSPS) is 16.2. The molecule has 0 bridgehead atoms. The zero-order chi connectivity index (χ0) is 16.8. The van der Waals surface area contributed by atoms with E-state index in [1.54, 1.807) is 12.1 Å². The fourth-order valence-electron chi connectivity index (χ4n) is 3.63. The summed E-state index contributed by atoms with van der Waals surface area (Å²) in [7, 11) is 0. The molecule has 1 atom stereocenters. The van der Waals surface area contributed by atoms with Crippen molar-refractivity contribution >= 4 is 16.9 Å². The van der Waals surface area contributed by atoms with Gasteiger partial charge in [-0.2, -0.15) is 0 Å². The number of aryl methyl sites for hydroxylation is 1. The van der Waals surface area contributed by atoms with E-state index in [0.717, 1.165) is 17.5 Å². The van der Waals surface area contributed by atoms with E-state index in [4.69, 9.17) is 0 Å². The molecular formula is C19H15NO4. The summed E-state index contributed by atoms with van der Waals surface area (Å²) in [5.74, 6) is -1.86. The van der Waals surface area contributed by atoms with Crippen LogP contribution in [0.1, 0.15) is 33.9 Å². The molecule has 120 valence electrons. The Morgan fingerprint density at radius 1 is 1.08 bits per heavy atom. The molecule has 1 aliphatic rings. The number of carbonyl (C=O) groups is 1. The van der Waals surface area contributed by atoms with Crippen molar-refractivity contribution in [2.24, 2.45) is 0 Å². The van der Waals surface area contributed by atoms with Crippen molar-refractivity contribution < 1.29 is 15.0 Å². The number of para-hydroxylation sites is 1. The molecule has 0 aliphatic carbocycles. The third-order valence-electron chi connectivity index (χ3n) is 4.68. The lowest BCUT2D eigenvalue weighted by Gasteiger charge is -2.29. The summed E-state index contributed by atoms with van der Waals surface area (Å²) >= 11 is 0. The van der Waals surface area contributed by atoms with Crippen LogP contribution in [-0.2, 0) is 6.42 Å².